The average molecular weight is 452 g/mol. The van der Waals surface area contributed by atoms with Crippen LogP contribution in [0.1, 0.15) is 34.9 Å². The van der Waals surface area contributed by atoms with Gasteiger partial charge in [-0.05, 0) is 57.2 Å². The summed E-state index contributed by atoms with van der Waals surface area (Å²) in [5.41, 5.74) is 6.03. The van der Waals surface area contributed by atoms with Crippen LogP contribution in [-0.4, -0.2) is 60.5 Å². The molecular weight excluding hydrogens is 426 g/mol. The third-order valence-electron chi connectivity index (χ3n) is 6.68. The minimum absolute atomic E-state index is 0.0246. The number of aromatic amines is 1. The summed E-state index contributed by atoms with van der Waals surface area (Å²) in [4.78, 5) is 32.0. The van der Waals surface area contributed by atoms with Crippen LogP contribution in [0.3, 0.4) is 0 Å². The van der Waals surface area contributed by atoms with Gasteiger partial charge in [0, 0.05) is 47.0 Å². The van der Waals surface area contributed by atoms with Crippen LogP contribution in [0, 0.1) is 0 Å². The van der Waals surface area contributed by atoms with E-state index in [2.05, 4.69) is 49.1 Å². The number of carbonyl (C=O) groups excluding carboxylic acids is 1. The number of hydrogen-bond donors (Lipinski definition) is 1. The average Bonchev–Trinajstić information content (AvgIpc) is 3.54. The molecule has 170 valence electrons. The zero-order chi connectivity index (χ0) is 23.1. The minimum Gasteiger partial charge on any atom is -0.360 e. The molecule has 8 nitrogen and oxygen atoms in total. The number of fused-ring (bicyclic) bond motifs is 2. The predicted octanol–water partition coefficient (Wildman–Crippen LogP) is 4.06. The molecule has 6 heterocycles. The Morgan fingerprint density at radius 2 is 1.79 bits per heavy atom. The first-order valence-corrected chi connectivity index (χ1v) is 11.6. The summed E-state index contributed by atoms with van der Waals surface area (Å²) in [5.74, 6) is 0.0246. The van der Waals surface area contributed by atoms with Crippen molar-refractivity contribution >= 4 is 27.7 Å². The standard InChI is InChI=1S/C26H25N7O/c1-32-6-3-22(4-7-32)33-16-20(14-31-33)26(34)11-21-9-17-8-18(12-30-25(17)15-28-21)19-10-24-23(29-13-19)2-5-27-24/h2,5,8-10,12-16,22,27H,3-4,6-7,11H2,1H3. The summed E-state index contributed by atoms with van der Waals surface area (Å²) >= 11 is 0. The van der Waals surface area contributed by atoms with Gasteiger partial charge in [0.05, 0.1) is 47.0 Å². The Morgan fingerprint density at radius 1 is 1.00 bits per heavy atom. The lowest BCUT2D eigenvalue weighted by Crippen LogP contribution is -2.31. The van der Waals surface area contributed by atoms with E-state index in [1.54, 1.807) is 12.4 Å². The van der Waals surface area contributed by atoms with Crippen molar-refractivity contribution in [2.24, 2.45) is 0 Å². The molecule has 1 aliphatic rings. The molecular formula is C26H25N7O. The molecule has 1 fully saturated rings. The maximum absolute atomic E-state index is 13.0. The van der Waals surface area contributed by atoms with Crippen molar-refractivity contribution in [1.82, 2.24) is 34.6 Å². The van der Waals surface area contributed by atoms with E-state index in [1.165, 1.54) is 0 Å². The van der Waals surface area contributed by atoms with Gasteiger partial charge in [-0.1, -0.05) is 0 Å². The third kappa shape index (κ3) is 3.97. The fraction of sp³-hybridized carbons (Fsp3) is 0.269. The first kappa shape index (κ1) is 20.7. The van der Waals surface area contributed by atoms with E-state index < -0.39 is 0 Å². The number of hydrogen-bond acceptors (Lipinski definition) is 6. The Balaban J connectivity index is 1.22. The van der Waals surface area contributed by atoms with Crippen molar-refractivity contribution in [3.8, 4) is 11.1 Å². The summed E-state index contributed by atoms with van der Waals surface area (Å²) in [5, 5.41) is 5.43. The zero-order valence-electron chi connectivity index (χ0n) is 19.0. The van der Waals surface area contributed by atoms with E-state index in [-0.39, 0.29) is 12.2 Å². The Kier molecular flexibility index (Phi) is 5.15. The molecule has 0 atom stereocenters. The van der Waals surface area contributed by atoms with Gasteiger partial charge >= 0.3 is 0 Å². The fourth-order valence-corrected chi connectivity index (χ4v) is 4.63. The molecule has 1 saturated heterocycles. The second-order valence-electron chi connectivity index (χ2n) is 9.07. The number of likely N-dealkylation sites (tertiary alicyclic amines) is 1. The molecule has 0 aromatic carbocycles. The second-order valence-corrected chi connectivity index (χ2v) is 9.07. The summed E-state index contributed by atoms with van der Waals surface area (Å²) in [7, 11) is 2.14. The van der Waals surface area contributed by atoms with Crippen LogP contribution < -0.4 is 0 Å². The van der Waals surface area contributed by atoms with Gasteiger partial charge in [-0.15, -0.1) is 0 Å². The Labute approximate surface area is 196 Å². The lowest BCUT2D eigenvalue weighted by Gasteiger charge is -2.28. The van der Waals surface area contributed by atoms with E-state index >= 15 is 0 Å². The maximum Gasteiger partial charge on any atom is 0.171 e. The van der Waals surface area contributed by atoms with Gasteiger partial charge in [-0.25, -0.2) is 0 Å². The molecule has 0 bridgehead atoms. The maximum atomic E-state index is 13.0. The van der Waals surface area contributed by atoms with Crippen molar-refractivity contribution in [3.63, 3.8) is 0 Å². The second kappa shape index (κ2) is 8.46. The van der Waals surface area contributed by atoms with Crippen molar-refractivity contribution in [1.29, 1.82) is 0 Å². The number of aromatic nitrogens is 6. The van der Waals surface area contributed by atoms with Crippen LogP contribution in [0.15, 0.2) is 61.4 Å². The molecule has 6 rings (SSSR count). The molecule has 0 unspecified atom stereocenters. The molecule has 0 radical (unpaired) electrons. The predicted molar refractivity (Wildman–Crippen MR) is 131 cm³/mol. The van der Waals surface area contributed by atoms with Crippen molar-refractivity contribution in [2.45, 2.75) is 25.3 Å². The first-order valence-electron chi connectivity index (χ1n) is 11.6. The highest BCUT2D eigenvalue weighted by Crippen LogP contribution is 2.25. The SMILES string of the molecule is CN1CCC(n2cc(C(=O)Cc3cc4cc(-c5cnc6cc[nH]c6c5)cnc4cn3)cn2)CC1. The fourth-order valence-electron chi connectivity index (χ4n) is 4.63. The topological polar surface area (TPSA) is 92.6 Å². The third-order valence-corrected chi connectivity index (χ3v) is 6.68. The highest BCUT2D eigenvalue weighted by atomic mass is 16.1. The number of nitrogens with one attached hydrogen (secondary N) is 1. The number of H-pyrrole nitrogens is 1. The number of ketones is 1. The molecule has 1 aliphatic heterocycles. The van der Waals surface area contributed by atoms with E-state index in [1.807, 2.05) is 41.6 Å². The summed E-state index contributed by atoms with van der Waals surface area (Å²) in [6.45, 7) is 2.11. The monoisotopic (exact) mass is 451 g/mol. The van der Waals surface area contributed by atoms with Crippen molar-refractivity contribution in [2.75, 3.05) is 20.1 Å². The number of pyridine rings is 3. The quantitative estimate of drug-likeness (QED) is 0.405. The largest absolute Gasteiger partial charge is 0.360 e. The molecule has 5 aromatic heterocycles. The van der Waals surface area contributed by atoms with Gasteiger partial charge in [0.25, 0.3) is 0 Å². The van der Waals surface area contributed by atoms with Gasteiger partial charge in [0.2, 0.25) is 0 Å². The van der Waals surface area contributed by atoms with E-state index in [0.717, 1.165) is 64.7 Å². The minimum atomic E-state index is 0.0246. The number of nitrogens with zero attached hydrogens (tertiary/aromatic N) is 6. The molecule has 0 amide bonds. The normalized spacial score (nSPS) is 15.3. The van der Waals surface area contributed by atoms with Gasteiger partial charge in [0.1, 0.15) is 0 Å². The van der Waals surface area contributed by atoms with Crippen LogP contribution in [0.5, 0.6) is 0 Å². The molecule has 0 spiro atoms. The summed E-state index contributed by atoms with van der Waals surface area (Å²) in [6, 6.07) is 8.40. The Bertz CT molecular complexity index is 1490. The molecule has 8 heteroatoms. The van der Waals surface area contributed by atoms with Crippen molar-refractivity contribution < 1.29 is 4.79 Å². The van der Waals surface area contributed by atoms with Crippen LogP contribution in [0.2, 0.25) is 0 Å². The van der Waals surface area contributed by atoms with Crippen LogP contribution >= 0.6 is 0 Å². The molecule has 0 saturated carbocycles. The smallest absolute Gasteiger partial charge is 0.171 e. The number of carbonyl (C=O) groups is 1. The van der Waals surface area contributed by atoms with Gasteiger partial charge in [-0.2, -0.15) is 5.10 Å². The number of piperidine rings is 1. The van der Waals surface area contributed by atoms with E-state index in [4.69, 9.17) is 0 Å². The van der Waals surface area contributed by atoms with Gasteiger partial charge < -0.3 is 9.88 Å². The molecule has 34 heavy (non-hydrogen) atoms. The van der Waals surface area contributed by atoms with Gasteiger partial charge in [-0.3, -0.25) is 24.4 Å². The Hall–Kier alpha value is -3.91. The van der Waals surface area contributed by atoms with Crippen LogP contribution in [0.25, 0.3) is 33.1 Å². The van der Waals surface area contributed by atoms with Crippen LogP contribution in [0.4, 0.5) is 0 Å². The lowest BCUT2D eigenvalue weighted by atomic mass is 10.0. The van der Waals surface area contributed by atoms with E-state index in [0.29, 0.717) is 11.6 Å². The van der Waals surface area contributed by atoms with E-state index in [9.17, 15) is 4.79 Å². The Morgan fingerprint density at radius 3 is 2.65 bits per heavy atom. The zero-order valence-corrected chi connectivity index (χ0v) is 19.0. The molecule has 0 aliphatic carbocycles. The first-order chi connectivity index (χ1) is 16.6. The summed E-state index contributed by atoms with van der Waals surface area (Å²) in [6.07, 6.45) is 13.2. The van der Waals surface area contributed by atoms with Crippen molar-refractivity contribution in [3.05, 3.63) is 72.7 Å². The highest BCUT2D eigenvalue weighted by Gasteiger charge is 2.20. The highest BCUT2D eigenvalue weighted by molar-refractivity contribution is 5.97. The molecule has 1 N–H and O–H groups in total. The summed E-state index contributed by atoms with van der Waals surface area (Å²) < 4.78 is 1.96. The van der Waals surface area contributed by atoms with Crippen LogP contribution in [-0.2, 0) is 6.42 Å². The molecule has 5 aromatic rings. The lowest BCUT2D eigenvalue weighted by molar-refractivity contribution is 0.0991. The number of rotatable bonds is 5. The number of Topliss-reactive ketones (excluding diaryl/α,β-unsaturated/α-hetero) is 1. The van der Waals surface area contributed by atoms with Gasteiger partial charge in [0.15, 0.2) is 5.78 Å².